The first kappa shape index (κ1) is 13.8. The molecule has 0 radical (unpaired) electrons. The Morgan fingerprint density at radius 3 is 2.35 bits per heavy atom. The molecule has 0 aliphatic heterocycles. The zero-order valence-electron chi connectivity index (χ0n) is 11.5. The number of hydrogen-bond donors (Lipinski definition) is 0. The van der Waals surface area contributed by atoms with Crippen LogP contribution >= 0.6 is 0 Å². The quantitative estimate of drug-likeness (QED) is 0.466. The van der Waals surface area contributed by atoms with Gasteiger partial charge in [0.2, 0.25) is 0 Å². The molecule has 0 amide bonds. The first-order valence-corrected chi connectivity index (χ1v) is 6.40. The fourth-order valence-electron chi connectivity index (χ4n) is 1.74. The average Bonchev–Trinajstić information content (AvgIpc) is 2.48. The summed E-state index contributed by atoms with van der Waals surface area (Å²) in [5, 5.41) is 0. The SMILES string of the molecule is [C-]#[N+]c1ccc(-c2ccccc2OC(=O)C(C)C)cc1. The number of esters is 1. The van der Waals surface area contributed by atoms with Crippen LogP contribution < -0.4 is 4.74 Å². The number of nitrogens with zero attached hydrogens (tertiary/aromatic N) is 1. The second-order valence-electron chi connectivity index (χ2n) is 4.73. The lowest BCUT2D eigenvalue weighted by Gasteiger charge is -2.11. The number of benzene rings is 2. The predicted molar refractivity (Wildman–Crippen MR) is 78.6 cm³/mol. The predicted octanol–water partition coefficient (Wildman–Crippen LogP) is 4.47. The molecule has 0 saturated carbocycles. The van der Waals surface area contributed by atoms with Crippen molar-refractivity contribution in [3.05, 3.63) is 59.9 Å². The van der Waals surface area contributed by atoms with Crippen LogP contribution in [-0.4, -0.2) is 5.97 Å². The Hall–Kier alpha value is -2.60. The summed E-state index contributed by atoms with van der Waals surface area (Å²) in [5.74, 6) is 0.115. The molecule has 0 aliphatic rings. The van der Waals surface area contributed by atoms with E-state index in [0.29, 0.717) is 11.4 Å². The molecule has 0 aliphatic carbocycles. The molecule has 0 aromatic heterocycles. The molecule has 2 rings (SSSR count). The van der Waals surface area contributed by atoms with Gasteiger partial charge in [0.15, 0.2) is 5.69 Å². The second kappa shape index (κ2) is 6.03. The van der Waals surface area contributed by atoms with Gasteiger partial charge in [0.05, 0.1) is 12.5 Å². The van der Waals surface area contributed by atoms with Crippen LogP contribution in [0.2, 0.25) is 0 Å². The van der Waals surface area contributed by atoms with E-state index in [1.165, 1.54) is 0 Å². The standard InChI is InChI=1S/C17H15NO2/c1-12(2)17(19)20-16-7-5-4-6-15(16)13-8-10-14(18-3)11-9-13/h4-12H,1-2H3. The molecule has 0 atom stereocenters. The van der Waals surface area contributed by atoms with Crippen LogP contribution in [-0.2, 0) is 4.79 Å². The van der Waals surface area contributed by atoms with Gasteiger partial charge in [-0.15, -0.1) is 0 Å². The number of para-hydroxylation sites is 1. The molecule has 3 nitrogen and oxygen atoms in total. The van der Waals surface area contributed by atoms with Crippen molar-refractivity contribution in [2.45, 2.75) is 13.8 Å². The summed E-state index contributed by atoms with van der Waals surface area (Å²) in [4.78, 5) is 15.1. The number of ether oxygens (including phenoxy) is 1. The Kier molecular flexibility index (Phi) is 4.17. The van der Waals surface area contributed by atoms with Crippen molar-refractivity contribution < 1.29 is 9.53 Å². The summed E-state index contributed by atoms with van der Waals surface area (Å²) < 4.78 is 5.42. The number of carbonyl (C=O) groups is 1. The van der Waals surface area contributed by atoms with Crippen LogP contribution in [0.4, 0.5) is 5.69 Å². The van der Waals surface area contributed by atoms with Crippen LogP contribution in [0.25, 0.3) is 16.0 Å². The van der Waals surface area contributed by atoms with Crippen LogP contribution in [0.3, 0.4) is 0 Å². The third kappa shape index (κ3) is 3.04. The minimum Gasteiger partial charge on any atom is -0.426 e. The van der Waals surface area contributed by atoms with Gasteiger partial charge in [0.1, 0.15) is 5.75 Å². The fourth-order valence-corrected chi connectivity index (χ4v) is 1.74. The van der Waals surface area contributed by atoms with Gasteiger partial charge in [-0.25, -0.2) is 4.85 Å². The van der Waals surface area contributed by atoms with Gasteiger partial charge in [-0.3, -0.25) is 4.79 Å². The number of hydrogen-bond acceptors (Lipinski definition) is 2. The Morgan fingerprint density at radius 2 is 1.75 bits per heavy atom. The highest BCUT2D eigenvalue weighted by Gasteiger charge is 2.13. The molecule has 0 fully saturated rings. The van der Waals surface area contributed by atoms with E-state index in [-0.39, 0.29) is 11.9 Å². The van der Waals surface area contributed by atoms with Crippen LogP contribution in [0.5, 0.6) is 5.75 Å². The molecule has 0 saturated heterocycles. The molecule has 2 aromatic carbocycles. The molecule has 100 valence electrons. The van der Waals surface area contributed by atoms with E-state index in [2.05, 4.69) is 4.85 Å². The second-order valence-corrected chi connectivity index (χ2v) is 4.73. The molecular weight excluding hydrogens is 250 g/mol. The summed E-state index contributed by atoms with van der Waals surface area (Å²) in [5.41, 5.74) is 2.35. The maximum atomic E-state index is 11.7. The minimum absolute atomic E-state index is 0.174. The van der Waals surface area contributed by atoms with E-state index in [0.717, 1.165) is 11.1 Å². The van der Waals surface area contributed by atoms with Crippen molar-refractivity contribution >= 4 is 11.7 Å². The van der Waals surface area contributed by atoms with Gasteiger partial charge < -0.3 is 4.74 Å². The average molecular weight is 265 g/mol. The molecule has 20 heavy (non-hydrogen) atoms. The van der Waals surface area contributed by atoms with Crippen LogP contribution in [0, 0.1) is 12.5 Å². The zero-order chi connectivity index (χ0) is 14.5. The Bertz CT molecular complexity index is 651. The Balaban J connectivity index is 2.36. The Morgan fingerprint density at radius 1 is 1.10 bits per heavy atom. The highest BCUT2D eigenvalue weighted by molar-refractivity contribution is 5.79. The van der Waals surface area contributed by atoms with Crippen molar-refractivity contribution in [1.29, 1.82) is 0 Å². The van der Waals surface area contributed by atoms with E-state index >= 15 is 0 Å². The van der Waals surface area contributed by atoms with Gasteiger partial charge in [-0.1, -0.05) is 56.3 Å². The molecule has 0 heterocycles. The molecule has 0 unspecified atom stereocenters. The lowest BCUT2D eigenvalue weighted by Crippen LogP contribution is -2.15. The van der Waals surface area contributed by atoms with Gasteiger partial charge >= 0.3 is 5.97 Å². The largest absolute Gasteiger partial charge is 0.426 e. The zero-order valence-corrected chi connectivity index (χ0v) is 11.5. The maximum absolute atomic E-state index is 11.7. The molecule has 0 bridgehead atoms. The highest BCUT2D eigenvalue weighted by Crippen LogP contribution is 2.31. The van der Waals surface area contributed by atoms with E-state index in [1.54, 1.807) is 32.0 Å². The summed E-state index contributed by atoms with van der Waals surface area (Å²) in [6, 6.07) is 14.6. The number of carbonyl (C=O) groups excluding carboxylic acids is 1. The molecule has 3 heteroatoms. The third-order valence-corrected chi connectivity index (χ3v) is 2.88. The van der Waals surface area contributed by atoms with Gasteiger partial charge in [0, 0.05) is 5.56 Å². The lowest BCUT2D eigenvalue weighted by atomic mass is 10.0. The van der Waals surface area contributed by atoms with Gasteiger partial charge in [0.25, 0.3) is 0 Å². The van der Waals surface area contributed by atoms with E-state index < -0.39 is 0 Å². The topological polar surface area (TPSA) is 30.7 Å². The highest BCUT2D eigenvalue weighted by atomic mass is 16.5. The van der Waals surface area contributed by atoms with Crippen LogP contribution in [0.15, 0.2) is 48.5 Å². The molecular formula is C17H15NO2. The maximum Gasteiger partial charge on any atom is 0.313 e. The van der Waals surface area contributed by atoms with Crippen LogP contribution in [0.1, 0.15) is 13.8 Å². The summed E-state index contributed by atoms with van der Waals surface area (Å²) >= 11 is 0. The summed E-state index contributed by atoms with van der Waals surface area (Å²) in [6.07, 6.45) is 0. The van der Waals surface area contributed by atoms with Crippen molar-refractivity contribution in [2.75, 3.05) is 0 Å². The van der Waals surface area contributed by atoms with Gasteiger partial charge in [-0.2, -0.15) is 0 Å². The van der Waals surface area contributed by atoms with Crippen molar-refractivity contribution in [2.24, 2.45) is 5.92 Å². The smallest absolute Gasteiger partial charge is 0.313 e. The fraction of sp³-hybridized carbons (Fsp3) is 0.176. The lowest BCUT2D eigenvalue weighted by molar-refractivity contribution is -0.137. The van der Waals surface area contributed by atoms with E-state index in [9.17, 15) is 4.79 Å². The normalized spacial score (nSPS) is 10.1. The Labute approximate surface area is 118 Å². The molecule has 0 N–H and O–H groups in total. The van der Waals surface area contributed by atoms with Crippen molar-refractivity contribution in [1.82, 2.24) is 0 Å². The van der Waals surface area contributed by atoms with Crippen molar-refractivity contribution in [3.8, 4) is 16.9 Å². The number of rotatable bonds is 3. The summed E-state index contributed by atoms with van der Waals surface area (Å²) in [6.45, 7) is 10.6. The third-order valence-electron chi connectivity index (χ3n) is 2.88. The molecule has 0 spiro atoms. The van der Waals surface area contributed by atoms with E-state index in [1.807, 2.05) is 30.3 Å². The van der Waals surface area contributed by atoms with E-state index in [4.69, 9.17) is 11.3 Å². The van der Waals surface area contributed by atoms with Crippen molar-refractivity contribution in [3.63, 3.8) is 0 Å². The van der Waals surface area contributed by atoms with Gasteiger partial charge in [-0.05, 0) is 11.6 Å². The first-order chi connectivity index (χ1) is 9.61. The molecule has 2 aromatic rings. The summed E-state index contributed by atoms with van der Waals surface area (Å²) in [7, 11) is 0. The first-order valence-electron chi connectivity index (χ1n) is 6.40. The minimum atomic E-state index is -0.254. The monoisotopic (exact) mass is 265 g/mol.